The molecule has 1 saturated carbocycles. The van der Waals surface area contributed by atoms with Gasteiger partial charge in [-0.3, -0.25) is 9.59 Å². The third-order valence-electron chi connectivity index (χ3n) is 4.80. The summed E-state index contributed by atoms with van der Waals surface area (Å²) in [6, 6.07) is 6.63. The number of hydrogen-bond donors (Lipinski definition) is 2. The van der Waals surface area contributed by atoms with Gasteiger partial charge in [-0.15, -0.1) is 0 Å². The molecule has 0 aliphatic heterocycles. The van der Waals surface area contributed by atoms with Gasteiger partial charge in [0, 0.05) is 24.9 Å². The summed E-state index contributed by atoms with van der Waals surface area (Å²) in [5, 5.41) is 5.88. The topological polar surface area (TPSA) is 58.2 Å². The number of carbonyl (C=O) groups excluding carboxylic acids is 2. The van der Waals surface area contributed by atoms with Gasteiger partial charge in [0.25, 0.3) is 0 Å². The first kappa shape index (κ1) is 19.4. The van der Waals surface area contributed by atoms with Crippen molar-refractivity contribution in [3.05, 3.63) is 35.6 Å². The van der Waals surface area contributed by atoms with Crippen molar-refractivity contribution in [3.8, 4) is 0 Å². The zero-order valence-electron chi connectivity index (χ0n) is 15.2. The van der Waals surface area contributed by atoms with Gasteiger partial charge in [-0.2, -0.15) is 0 Å². The third-order valence-corrected chi connectivity index (χ3v) is 4.80. The first-order chi connectivity index (χ1) is 12.0. The van der Waals surface area contributed by atoms with E-state index in [4.69, 9.17) is 0 Å². The van der Waals surface area contributed by atoms with Crippen LogP contribution < -0.4 is 10.6 Å². The molecule has 0 unspecified atom stereocenters. The number of hydrogen-bond acceptors (Lipinski definition) is 2. The molecule has 2 N–H and O–H groups in total. The van der Waals surface area contributed by atoms with E-state index in [1.807, 2.05) is 0 Å². The predicted octanol–water partition coefficient (Wildman–Crippen LogP) is 3.06. The molecule has 0 heterocycles. The SMILES string of the molecule is CC(C)CNC(=O)C1CCC(C(=O)NCCc2ccccc2F)CC1. The molecule has 0 aromatic heterocycles. The van der Waals surface area contributed by atoms with E-state index in [0.717, 1.165) is 25.7 Å². The maximum atomic E-state index is 13.5. The molecule has 4 nitrogen and oxygen atoms in total. The Kier molecular flexibility index (Phi) is 7.41. The predicted molar refractivity (Wildman–Crippen MR) is 96.4 cm³/mol. The van der Waals surface area contributed by atoms with Crippen LogP contribution in [0.1, 0.15) is 45.1 Å². The van der Waals surface area contributed by atoms with Crippen molar-refractivity contribution in [2.45, 2.75) is 46.0 Å². The van der Waals surface area contributed by atoms with E-state index in [2.05, 4.69) is 24.5 Å². The molecular weight excluding hydrogens is 319 g/mol. The van der Waals surface area contributed by atoms with E-state index < -0.39 is 0 Å². The fraction of sp³-hybridized carbons (Fsp3) is 0.600. The van der Waals surface area contributed by atoms with Gasteiger partial charge in [0.15, 0.2) is 0 Å². The summed E-state index contributed by atoms with van der Waals surface area (Å²) >= 11 is 0. The lowest BCUT2D eigenvalue weighted by atomic mass is 9.81. The molecule has 0 bridgehead atoms. The van der Waals surface area contributed by atoms with Crippen molar-refractivity contribution < 1.29 is 14.0 Å². The Morgan fingerprint density at radius 2 is 1.60 bits per heavy atom. The van der Waals surface area contributed by atoms with Crippen LogP contribution in [0.3, 0.4) is 0 Å². The molecule has 1 aromatic carbocycles. The van der Waals surface area contributed by atoms with Crippen LogP contribution in [0.2, 0.25) is 0 Å². The zero-order chi connectivity index (χ0) is 18.2. The second-order valence-electron chi connectivity index (χ2n) is 7.32. The van der Waals surface area contributed by atoms with Gasteiger partial charge in [0.2, 0.25) is 11.8 Å². The molecule has 5 heteroatoms. The van der Waals surface area contributed by atoms with Crippen molar-refractivity contribution in [2.24, 2.45) is 17.8 Å². The van der Waals surface area contributed by atoms with Crippen molar-refractivity contribution in [2.75, 3.05) is 13.1 Å². The van der Waals surface area contributed by atoms with Gasteiger partial charge in [0.1, 0.15) is 5.82 Å². The Balaban J connectivity index is 1.69. The first-order valence-electron chi connectivity index (χ1n) is 9.26. The lowest BCUT2D eigenvalue weighted by Crippen LogP contribution is -2.38. The molecule has 0 saturated heterocycles. The molecule has 1 fully saturated rings. The average Bonchev–Trinajstić information content (AvgIpc) is 2.61. The second kappa shape index (κ2) is 9.54. The molecule has 2 amide bonds. The van der Waals surface area contributed by atoms with Crippen LogP contribution in [0.15, 0.2) is 24.3 Å². The summed E-state index contributed by atoms with van der Waals surface area (Å²) in [6.45, 7) is 5.29. The zero-order valence-corrected chi connectivity index (χ0v) is 15.2. The van der Waals surface area contributed by atoms with Gasteiger partial charge in [0.05, 0.1) is 0 Å². The maximum Gasteiger partial charge on any atom is 0.223 e. The van der Waals surface area contributed by atoms with Crippen LogP contribution in [-0.2, 0) is 16.0 Å². The summed E-state index contributed by atoms with van der Waals surface area (Å²) in [7, 11) is 0. The van der Waals surface area contributed by atoms with E-state index in [-0.39, 0.29) is 29.5 Å². The molecule has 1 aromatic rings. The number of nitrogens with one attached hydrogen (secondary N) is 2. The third kappa shape index (κ3) is 6.15. The van der Waals surface area contributed by atoms with Crippen molar-refractivity contribution in [1.82, 2.24) is 10.6 Å². The fourth-order valence-electron chi connectivity index (χ4n) is 3.23. The summed E-state index contributed by atoms with van der Waals surface area (Å²) in [6.07, 6.45) is 3.49. The van der Waals surface area contributed by atoms with Crippen LogP contribution in [0.25, 0.3) is 0 Å². The van der Waals surface area contributed by atoms with E-state index in [0.29, 0.717) is 31.0 Å². The van der Waals surface area contributed by atoms with E-state index in [1.54, 1.807) is 18.2 Å². The highest BCUT2D eigenvalue weighted by Gasteiger charge is 2.29. The Bertz CT molecular complexity index is 581. The summed E-state index contributed by atoms with van der Waals surface area (Å²) < 4.78 is 13.5. The monoisotopic (exact) mass is 348 g/mol. The lowest BCUT2D eigenvalue weighted by Gasteiger charge is -2.27. The second-order valence-corrected chi connectivity index (χ2v) is 7.32. The van der Waals surface area contributed by atoms with Crippen molar-refractivity contribution in [1.29, 1.82) is 0 Å². The van der Waals surface area contributed by atoms with Crippen LogP contribution >= 0.6 is 0 Å². The minimum absolute atomic E-state index is 0.0253. The Morgan fingerprint density at radius 1 is 1.04 bits per heavy atom. The van der Waals surface area contributed by atoms with Crippen LogP contribution in [0, 0.1) is 23.6 Å². The average molecular weight is 348 g/mol. The number of halogens is 1. The highest BCUT2D eigenvalue weighted by atomic mass is 19.1. The first-order valence-corrected chi connectivity index (χ1v) is 9.26. The number of amides is 2. The molecular formula is C20H29FN2O2. The fourth-order valence-corrected chi connectivity index (χ4v) is 3.23. The van der Waals surface area contributed by atoms with Gasteiger partial charge in [-0.1, -0.05) is 32.0 Å². The number of rotatable bonds is 7. The minimum Gasteiger partial charge on any atom is -0.356 e. The Morgan fingerprint density at radius 3 is 2.16 bits per heavy atom. The van der Waals surface area contributed by atoms with E-state index >= 15 is 0 Å². The normalized spacial score (nSPS) is 20.3. The number of carbonyl (C=O) groups is 2. The summed E-state index contributed by atoms with van der Waals surface area (Å²) in [5.74, 6) is 0.352. The van der Waals surface area contributed by atoms with E-state index in [9.17, 15) is 14.0 Å². The molecule has 0 atom stereocenters. The summed E-state index contributed by atoms with van der Waals surface area (Å²) in [5.41, 5.74) is 0.619. The van der Waals surface area contributed by atoms with Gasteiger partial charge in [-0.25, -0.2) is 4.39 Å². The Labute approximate surface area is 149 Å². The van der Waals surface area contributed by atoms with Crippen LogP contribution in [0.5, 0.6) is 0 Å². The molecule has 0 radical (unpaired) electrons. The summed E-state index contributed by atoms with van der Waals surface area (Å²) in [4.78, 5) is 24.4. The van der Waals surface area contributed by atoms with Crippen LogP contribution in [0.4, 0.5) is 4.39 Å². The largest absolute Gasteiger partial charge is 0.356 e. The van der Waals surface area contributed by atoms with E-state index in [1.165, 1.54) is 6.07 Å². The van der Waals surface area contributed by atoms with Gasteiger partial charge < -0.3 is 10.6 Å². The van der Waals surface area contributed by atoms with Crippen LogP contribution in [-0.4, -0.2) is 24.9 Å². The standard InChI is InChI=1S/C20H29FN2O2/c1-14(2)13-23-20(25)17-9-7-16(8-10-17)19(24)22-12-11-15-5-3-4-6-18(15)21/h3-6,14,16-17H,7-13H2,1-2H3,(H,22,24)(H,23,25). The molecule has 2 rings (SSSR count). The molecule has 138 valence electrons. The quantitative estimate of drug-likeness (QED) is 0.796. The minimum atomic E-state index is -0.232. The van der Waals surface area contributed by atoms with Crippen molar-refractivity contribution >= 4 is 11.8 Å². The highest BCUT2D eigenvalue weighted by Crippen LogP contribution is 2.29. The lowest BCUT2D eigenvalue weighted by molar-refractivity contribution is -0.130. The molecule has 1 aliphatic rings. The maximum absolute atomic E-state index is 13.5. The van der Waals surface area contributed by atoms with Crippen molar-refractivity contribution in [3.63, 3.8) is 0 Å². The molecule has 1 aliphatic carbocycles. The van der Waals surface area contributed by atoms with Gasteiger partial charge in [-0.05, 0) is 49.7 Å². The smallest absolute Gasteiger partial charge is 0.223 e. The number of benzene rings is 1. The molecule has 25 heavy (non-hydrogen) atoms. The highest BCUT2D eigenvalue weighted by molar-refractivity contribution is 5.81. The van der Waals surface area contributed by atoms with Gasteiger partial charge >= 0.3 is 0 Å². The Hall–Kier alpha value is -1.91. The molecule has 0 spiro atoms.